The molecule has 120 valence electrons. The predicted octanol–water partition coefficient (Wildman–Crippen LogP) is 0.341. The molecule has 22 heavy (non-hydrogen) atoms. The highest BCUT2D eigenvalue weighted by Gasteiger charge is 2.52. The number of likely N-dealkylation sites (tertiary alicyclic amines) is 1. The SMILES string of the molecule is Cn1cccc1C(=O)N1CC2(CC(N3CCOCC3)CO2)C1. The first-order valence-corrected chi connectivity index (χ1v) is 8.03. The quantitative estimate of drug-likeness (QED) is 0.790. The molecule has 1 unspecified atom stereocenters. The van der Waals surface area contributed by atoms with Gasteiger partial charge in [-0.3, -0.25) is 9.69 Å². The van der Waals surface area contributed by atoms with Crippen molar-refractivity contribution in [3.8, 4) is 0 Å². The molecule has 0 saturated carbocycles. The van der Waals surface area contributed by atoms with Gasteiger partial charge >= 0.3 is 0 Å². The first kappa shape index (κ1) is 14.2. The van der Waals surface area contributed by atoms with Crippen LogP contribution in [-0.4, -0.2) is 77.9 Å². The van der Waals surface area contributed by atoms with Gasteiger partial charge < -0.3 is 18.9 Å². The Labute approximate surface area is 130 Å². The van der Waals surface area contributed by atoms with Crippen LogP contribution in [0.4, 0.5) is 0 Å². The molecule has 0 aliphatic carbocycles. The summed E-state index contributed by atoms with van der Waals surface area (Å²) in [6.07, 6.45) is 2.94. The van der Waals surface area contributed by atoms with Gasteiger partial charge in [-0.15, -0.1) is 0 Å². The Hall–Kier alpha value is -1.37. The highest BCUT2D eigenvalue weighted by Crippen LogP contribution is 2.37. The van der Waals surface area contributed by atoms with Crippen LogP contribution in [0.2, 0.25) is 0 Å². The van der Waals surface area contributed by atoms with Crippen molar-refractivity contribution in [1.82, 2.24) is 14.4 Å². The lowest BCUT2D eigenvalue weighted by molar-refractivity contribution is -0.0953. The van der Waals surface area contributed by atoms with Gasteiger partial charge in [0.25, 0.3) is 5.91 Å². The Morgan fingerprint density at radius 3 is 2.77 bits per heavy atom. The average Bonchev–Trinajstić information content (AvgIpc) is 3.12. The maximum atomic E-state index is 12.5. The van der Waals surface area contributed by atoms with Crippen LogP contribution in [0.1, 0.15) is 16.9 Å². The summed E-state index contributed by atoms with van der Waals surface area (Å²) in [5.41, 5.74) is 0.640. The fraction of sp³-hybridized carbons (Fsp3) is 0.688. The summed E-state index contributed by atoms with van der Waals surface area (Å²) in [6.45, 7) is 5.86. The maximum absolute atomic E-state index is 12.5. The molecule has 0 bridgehead atoms. The van der Waals surface area contributed by atoms with Crippen LogP contribution < -0.4 is 0 Å². The normalized spacial score (nSPS) is 28.0. The van der Waals surface area contributed by atoms with Gasteiger partial charge in [-0.1, -0.05) is 0 Å². The topological polar surface area (TPSA) is 46.9 Å². The van der Waals surface area contributed by atoms with E-state index in [9.17, 15) is 4.79 Å². The first-order chi connectivity index (χ1) is 10.7. The molecule has 3 saturated heterocycles. The van der Waals surface area contributed by atoms with Gasteiger partial charge in [0.15, 0.2) is 0 Å². The van der Waals surface area contributed by atoms with E-state index in [-0.39, 0.29) is 11.5 Å². The molecular weight excluding hydrogens is 282 g/mol. The van der Waals surface area contributed by atoms with Gasteiger partial charge in [-0.2, -0.15) is 0 Å². The van der Waals surface area contributed by atoms with Gasteiger partial charge in [0.1, 0.15) is 11.3 Å². The molecule has 4 heterocycles. The number of carbonyl (C=O) groups is 1. The number of morpholine rings is 1. The van der Waals surface area contributed by atoms with Crippen molar-refractivity contribution in [2.75, 3.05) is 46.0 Å². The zero-order chi connectivity index (χ0) is 15.2. The van der Waals surface area contributed by atoms with Crippen molar-refractivity contribution in [3.05, 3.63) is 24.0 Å². The fourth-order valence-electron chi connectivity index (χ4n) is 3.86. The van der Waals surface area contributed by atoms with E-state index in [1.165, 1.54) is 0 Å². The lowest BCUT2D eigenvalue weighted by atomic mass is 9.88. The average molecular weight is 305 g/mol. The summed E-state index contributed by atoms with van der Waals surface area (Å²) in [5.74, 6) is 0.108. The van der Waals surface area contributed by atoms with Crippen molar-refractivity contribution in [3.63, 3.8) is 0 Å². The number of carbonyl (C=O) groups excluding carboxylic acids is 1. The largest absolute Gasteiger partial charge is 0.379 e. The first-order valence-electron chi connectivity index (χ1n) is 8.03. The van der Waals surface area contributed by atoms with Crippen molar-refractivity contribution in [2.45, 2.75) is 18.1 Å². The molecule has 4 rings (SSSR count). The van der Waals surface area contributed by atoms with Crippen LogP contribution in [-0.2, 0) is 16.5 Å². The van der Waals surface area contributed by atoms with E-state index in [4.69, 9.17) is 9.47 Å². The molecule has 1 aromatic heterocycles. The number of ether oxygens (including phenoxy) is 2. The molecular formula is C16H23N3O3. The zero-order valence-corrected chi connectivity index (χ0v) is 13.0. The Morgan fingerprint density at radius 2 is 2.09 bits per heavy atom. The summed E-state index contributed by atoms with van der Waals surface area (Å²) in [5, 5.41) is 0. The highest BCUT2D eigenvalue weighted by atomic mass is 16.5. The van der Waals surface area contributed by atoms with Crippen molar-refractivity contribution < 1.29 is 14.3 Å². The smallest absolute Gasteiger partial charge is 0.270 e. The van der Waals surface area contributed by atoms with Crippen LogP contribution in [0.25, 0.3) is 0 Å². The summed E-state index contributed by atoms with van der Waals surface area (Å²) in [4.78, 5) is 16.8. The van der Waals surface area contributed by atoms with Crippen molar-refractivity contribution >= 4 is 5.91 Å². The second-order valence-electron chi connectivity index (χ2n) is 6.67. The molecule has 3 fully saturated rings. The molecule has 1 spiro atoms. The second-order valence-corrected chi connectivity index (χ2v) is 6.67. The van der Waals surface area contributed by atoms with Gasteiger partial charge in [0, 0.05) is 32.4 Å². The Bertz CT molecular complexity index is 559. The second kappa shape index (κ2) is 5.37. The monoisotopic (exact) mass is 305 g/mol. The van der Waals surface area contributed by atoms with Gasteiger partial charge in [-0.25, -0.2) is 0 Å². The van der Waals surface area contributed by atoms with Crippen LogP contribution in [0.5, 0.6) is 0 Å². The van der Waals surface area contributed by atoms with Crippen molar-refractivity contribution in [1.29, 1.82) is 0 Å². The maximum Gasteiger partial charge on any atom is 0.270 e. The van der Waals surface area contributed by atoms with E-state index < -0.39 is 0 Å². The summed E-state index contributed by atoms with van der Waals surface area (Å²) >= 11 is 0. The summed E-state index contributed by atoms with van der Waals surface area (Å²) < 4.78 is 13.4. The number of amides is 1. The Morgan fingerprint density at radius 1 is 1.32 bits per heavy atom. The third-order valence-corrected chi connectivity index (χ3v) is 5.16. The zero-order valence-electron chi connectivity index (χ0n) is 13.0. The van der Waals surface area contributed by atoms with Crippen LogP contribution in [0.15, 0.2) is 18.3 Å². The number of rotatable bonds is 2. The fourth-order valence-corrected chi connectivity index (χ4v) is 3.86. The minimum Gasteiger partial charge on any atom is -0.379 e. The molecule has 6 heteroatoms. The van der Waals surface area contributed by atoms with Crippen LogP contribution in [0, 0.1) is 0 Å². The van der Waals surface area contributed by atoms with Gasteiger partial charge in [-0.05, 0) is 18.6 Å². The number of aryl methyl sites for hydroxylation is 1. The third kappa shape index (κ3) is 2.35. The van der Waals surface area contributed by atoms with Gasteiger partial charge in [0.05, 0.1) is 32.9 Å². The number of nitrogens with zero attached hydrogens (tertiary/aromatic N) is 3. The van der Waals surface area contributed by atoms with Crippen LogP contribution in [0.3, 0.4) is 0 Å². The minimum absolute atomic E-state index is 0.107. The van der Waals surface area contributed by atoms with E-state index in [1.807, 2.05) is 34.8 Å². The lowest BCUT2D eigenvalue weighted by Crippen LogP contribution is -2.63. The molecule has 0 N–H and O–H groups in total. The molecule has 0 aromatic carbocycles. The molecule has 1 atom stereocenters. The van der Waals surface area contributed by atoms with Gasteiger partial charge in [0.2, 0.25) is 0 Å². The number of aromatic nitrogens is 1. The molecule has 0 radical (unpaired) electrons. The van der Waals surface area contributed by atoms with E-state index in [0.717, 1.165) is 58.1 Å². The standard InChI is InChI=1S/C16H23N3O3/c1-17-4-2-3-14(17)15(20)19-11-16(12-19)9-13(10-22-16)18-5-7-21-8-6-18/h2-4,13H,5-12H2,1H3. The number of hydrogen-bond donors (Lipinski definition) is 0. The van der Waals surface area contributed by atoms with E-state index in [2.05, 4.69) is 4.90 Å². The summed E-state index contributed by atoms with van der Waals surface area (Å²) in [6, 6.07) is 4.26. The van der Waals surface area contributed by atoms with E-state index in [0.29, 0.717) is 6.04 Å². The summed E-state index contributed by atoms with van der Waals surface area (Å²) in [7, 11) is 1.91. The molecule has 6 nitrogen and oxygen atoms in total. The van der Waals surface area contributed by atoms with E-state index >= 15 is 0 Å². The molecule has 3 aliphatic heterocycles. The predicted molar refractivity (Wildman–Crippen MR) is 80.8 cm³/mol. The van der Waals surface area contributed by atoms with E-state index in [1.54, 1.807) is 0 Å². The lowest BCUT2D eigenvalue weighted by Gasteiger charge is -2.47. The highest BCUT2D eigenvalue weighted by molar-refractivity contribution is 5.93. The molecule has 3 aliphatic rings. The van der Waals surface area contributed by atoms with Crippen molar-refractivity contribution in [2.24, 2.45) is 7.05 Å². The Balaban J connectivity index is 1.35. The molecule has 1 aromatic rings. The third-order valence-electron chi connectivity index (χ3n) is 5.16. The number of hydrogen-bond acceptors (Lipinski definition) is 4. The molecule has 1 amide bonds. The van der Waals surface area contributed by atoms with Crippen LogP contribution >= 0.6 is 0 Å². The Kier molecular flexibility index (Phi) is 3.47. The minimum atomic E-state index is -0.107.